The number of non-ortho nitro benzene ring substituents is 1. The van der Waals surface area contributed by atoms with Gasteiger partial charge in [-0.15, -0.1) is 0 Å². The monoisotopic (exact) mass is 350 g/mol. The quantitative estimate of drug-likeness (QED) is 0.495. The Labute approximate surface area is 152 Å². The number of nitro groups is 1. The van der Waals surface area contributed by atoms with E-state index in [0.29, 0.717) is 13.0 Å². The lowest BCUT2D eigenvalue weighted by Gasteiger charge is -2.30. The molecule has 26 heavy (non-hydrogen) atoms. The maximum atomic E-state index is 12.8. The van der Waals surface area contributed by atoms with E-state index in [2.05, 4.69) is 18.3 Å². The van der Waals surface area contributed by atoms with Gasteiger partial charge in [-0.2, -0.15) is 0 Å². The van der Waals surface area contributed by atoms with E-state index >= 15 is 0 Å². The number of nitro benzene ring substituents is 1. The van der Waals surface area contributed by atoms with Crippen LogP contribution in [0.25, 0.3) is 0 Å². The van der Waals surface area contributed by atoms with Crippen LogP contribution in [0.4, 0.5) is 5.69 Å². The summed E-state index contributed by atoms with van der Waals surface area (Å²) in [6.07, 6.45) is 3.60. The van der Waals surface area contributed by atoms with Gasteiger partial charge in [-0.05, 0) is 36.8 Å². The topological polar surface area (TPSA) is 72.2 Å². The summed E-state index contributed by atoms with van der Waals surface area (Å²) in [5.74, 6) is -0.0959. The third-order valence-electron chi connectivity index (χ3n) is 4.93. The van der Waals surface area contributed by atoms with Crippen LogP contribution in [0, 0.1) is 16.0 Å². The van der Waals surface area contributed by atoms with Crippen molar-refractivity contribution in [3.05, 3.63) is 87.5 Å². The predicted molar refractivity (Wildman–Crippen MR) is 101 cm³/mol. The van der Waals surface area contributed by atoms with Crippen LogP contribution in [0.5, 0.6) is 0 Å². The van der Waals surface area contributed by atoms with E-state index < -0.39 is 4.92 Å². The van der Waals surface area contributed by atoms with Crippen molar-refractivity contribution in [2.24, 2.45) is 5.92 Å². The summed E-state index contributed by atoms with van der Waals surface area (Å²) in [6.45, 7) is 2.57. The fourth-order valence-electron chi connectivity index (χ4n) is 3.46. The van der Waals surface area contributed by atoms with Crippen LogP contribution in [-0.4, -0.2) is 10.8 Å². The molecule has 5 heteroatoms. The first kappa shape index (κ1) is 17.9. The molecule has 0 saturated heterocycles. The zero-order valence-corrected chi connectivity index (χ0v) is 14.7. The zero-order valence-electron chi connectivity index (χ0n) is 14.7. The predicted octanol–water partition coefficient (Wildman–Crippen LogP) is 4.35. The number of allylic oxidation sites excluding steroid dienone is 2. The number of amides is 1. The van der Waals surface area contributed by atoms with E-state index in [0.717, 1.165) is 17.5 Å². The molecule has 0 heterocycles. The first-order valence-electron chi connectivity index (χ1n) is 8.76. The SMILES string of the molecule is CC1=CC[C@H](C(=O)NCc2ccccc2)[C@H](c2ccc([N+](=O)[O-])cc2)C1. The summed E-state index contributed by atoms with van der Waals surface area (Å²) >= 11 is 0. The third kappa shape index (κ3) is 4.17. The molecule has 0 bridgehead atoms. The summed E-state index contributed by atoms with van der Waals surface area (Å²) < 4.78 is 0. The highest BCUT2D eigenvalue weighted by atomic mass is 16.6. The smallest absolute Gasteiger partial charge is 0.269 e. The van der Waals surface area contributed by atoms with Crippen molar-refractivity contribution in [2.45, 2.75) is 32.2 Å². The normalized spacial score (nSPS) is 19.5. The van der Waals surface area contributed by atoms with Crippen molar-refractivity contribution in [1.29, 1.82) is 0 Å². The van der Waals surface area contributed by atoms with E-state index in [4.69, 9.17) is 0 Å². The Balaban J connectivity index is 1.75. The minimum atomic E-state index is -0.403. The van der Waals surface area contributed by atoms with Crippen LogP contribution in [0.2, 0.25) is 0 Å². The molecule has 3 rings (SSSR count). The van der Waals surface area contributed by atoms with Crippen LogP contribution in [0.1, 0.15) is 36.8 Å². The Morgan fingerprint density at radius 2 is 1.85 bits per heavy atom. The average molecular weight is 350 g/mol. The molecule has 0 aromatic heterocycles. The van der Waals surface area contributed by atoms with E-state index in [-0.39, 0.29) is 23.4 Å². The summed E-state index contributed by atoms with van der Waals surface area (Å²) in [5.41, 5.74) is 3.36. The van der Waals surface area contributed by atoms with E-state index in [1.807, 2.05) is 30.3 Å². The van der Waals surface area contributed by atoms with Gasteiger partial charge in [0.1, 0.15) is 0 Å². The average Bonchev–Trinajstić information content (AvgIpc) is 2.67. The fourth-order valence-corrected chi connectivity index (χ4v) is 3.46. The van der Waals surface area contributed by atoms with Gasteiger partial charge in [-0.1, -0.05) is 54.1 Å². The molecule has 2 aromatic carbocycles. The highest BCUT2D eigenvalue weighted by molar-refractivity contribution is 5.80. The van der Waals surface area contributed by atoms with E-state index in [1.165, 1.54) is 17.7 Å². The van der Waals surface area contributed by atoms with Crippen molar-refractivity contribution in [2.75, 3.05) is 0 Å². The van der Waals surface area contributed by atoms with Crippen LogP contribution >= 0.6 is 0 Å². The Bertz CT molecular complexity index is 813. The molecular formula is C21H22N2O3. The molecule has 0 unspecified atom stereocenters. The zero-order chi connectivity index (χ0) is 18.5. The molecule has 5 nitrogen and oxygen atoms in total. The maximum absolute atomic E-state index is 12.8. The largest absolute Gasteiger partial charge is 0.352 e. The molecule has 0 fully saturated rings. The van der Waals surface area contributed by atoms with Crippen molar-refractivity contribution in [3.8, 4) is 0 Å². The summed E-state index contributed by atoms with van der Waals surface area (Å²) in [4.78, 5) is 23.3. The Morgan fingerprint density at radius 3 is 2.50 bits per heavy atom. The van der Waals surface area contributed by atoms with Gasteiger partial charge in [0.15, 0.2) is 0 Å². The third-order valence-corrected chi connectivity index (χ3v) is 4.93. The molecule has 0 radical (unpaired) electrons. The number of nitrogens with one attached hydrogen (secondary N) is 1. The van der Waals surface area contributed by atoms with Crippen LogP contribution < -0.4 is 5.32 Å². The molecule has 1 aliphatic rings. The minimum absolute atomic E-state index is 0.0287. The lowest BCUT2D eigenvalue weighted by Crippen LogP contribution is -2.35. The van der Waals surface area contributed by atoms with Crippen molar-refractivity contribution >= 4 is 11.6 Å². The first-order chi connectivity index (χ1) is 12.5. The van der Waals surface area contributed by atoms with Crippen molar-refractivity contribution in [3.63, 3.8) is 0 Å². The van der Waals surface area contributed by atoms with Crippen molar-refractivity contribution < 1.29 is 9.72 Å². The molecule has 0 spiro atoms. The van der Waals surface area contributed by atoms with E-state index in [1.54, 1.807) is 12.1 Å². The minimum Gasteiger partial charge on any atom is -0.352 e. The van der Waals surface area contributed by atoms with Gasteiger partial charge in [0, 0.05) is 24.6 Å². The molecule has 0 saturated carbocycles. The summed E-state index contributed by atoms with van der Waals surface area (Å²) in [6, 6.07) is 16.4. The molecular weight excluding hydrogens is 328 g/mol. The van der Waals surface area contributed by atoms with Gasteiger partial charge in [0.05, 0.1) is 4.92 Å². The molecule has 0 aliphatic heterocycles. The van der Waals surface area contributed by atoms with Crippen molar-refractivity contribution in [1.82, 2.24) is 5.32 Å². The second-order valence-corrected chi connectivity index (χ2v) is 6.76. The molecule has 1 N–H and O–H groups in total. The molecule has 1 aliphatic carbocycles. The fraction of sp³-hybridized carbons (Fsp3) is 0.286. The van der Waals surface area contributed by atoms with Gasteiger partial charge in [-0.3, -0.25) is 14.9 Å². The Morgan fingerprint density at radius 1 is 1.15 bits per heavy atom. The van der Waals surface area contributed by atoms with Crippen LogP contribution in [0.15, 0.2) is 66.2 Å². The number of carbonyl (C=O) groups excluding carboxylic acids is 1. The number of hydrogen-bond donors (Lipinski definition) is 1. The van der Waals surface area contributed by atoms with Gasteiger partial charge in [-0.25, -0.2) is 0 Å². The first-order valence-corrected chi connectivity index (χ1v) is 8.76. The molecule has 1 amide bonds. The lowest BCUT2D eigenvalue weighted by atomic mass is 9.75. The second kappa shape index (κ2) is 7.95. The highest BCUT2D eigenvalue weighted by Gasteiger charge is 2.31. The number of hydrogen-bond acceptors (Lipinski definition) is 3. The van der Waals surface area contributed by atoms with Gasteiger partial charge >= 0.3 is 0 Å². The Kier molecular flexibility index (Phi) is 5.46. The number of carbonyl (C=O) groups is 1. The second-order valence-electron chi connectivity index (χ2n) is 6.76. The van der Waals surface area contributed by atoms with Gasteiger partial charge < -0.3 is 5.32 Å². The number of benzene rings is 2. The molecule has 2 atom stereocenters. The highest BCUT2D eigenvalue weighted by Crippen LogP contribution is 2.38. The maximum Gasteiger partial charge on any atom is 0.269 e. The molecule has 134 valence electrons. The number of rotatable bonds is 5. The van der Waals surface area contributed by atoms with Crippen LogP contribution in [-0.2, 0) is 11.3 Å². The van der Waals surface area contributed by atoms with Gasteiger partial charge in [0.2, 0.25) is 5.91 Å². The van der Waals surface area contributed by atoms with Gasteiger partial charge in [0.25, 0.3) is 5.69 Å². The van der Waals surface area contributed by atoms with Crippen LogP contribution in [0.3, 0.4) is 0 Å². The Hall–Kier alpha value is -2.95. The lowest BCUT2D eigenvalue weighted by molar-refractivity contribution is -0.384. The summed E-state index contributed by atoms with van der Waals surface area (Å²) in [7, 11) is 0. The van der Waals surface area contributed by atoms with E-state index in [9.17, 15) is 14.9 Å². The molecule has 2 aromatic rings. The summed E-state index contributed by atoms with van der Waals surface area (Å²) in [5, 5.41) is 13.9. The number of nitrogens with zero attached hydrogens (tertiary/aromatic N) is 1. The standard InChI is InChI=1S/C21H22N2O3/c1-15-7-12-19(21(24)22-14-16-5-3-2-4-6-16)20(13-15)17-8-10-18(11-9-17)23(25)26/h2-11,19-20H,12-14H2,1H3,(H,22,24)/t19-,20-/m0/s1.